The van der Waals surface area contributed by atoms with E-state index in [1.54, 1.807) is 50.1 Å². The van der Waals surface area contributed by atoms with Gasteiger partial charge in [-0.25, -0.2) is 0 Å². The predicted octanol–water partition coefficient (Wildman–Crippen LogP) is 2.55. The minimum Gasteiger partial charge on any atom is -0.497 e. The average Bonchev–Trinajstić information content (AvgIpc) is 2.68. The van der Waals surface area contributed by atoms with E-state index in [1.165, 1.54) is 11.8 Å². The SMILES string of the molecule is C=CCSc1nc(=O)c2c(n1C)NC(=O)CC2c1cc(OC)ccc1OC. The van der Waals surface area contributed by atoms with Crippen LogP contribution in [0.2, 0.25) is 0 Å². The number of benzene rings is 1. The first-order chi connectivity index (χ1) is 13.0. The van der Waals surface area contributed by atoms with Crippen molar-refractivity contribution in [1.82, 2.24) is 9.55 Å². The van der Waals surface area contributed by atoms with Gasteiger partial charge >= 0.3 is 0 Å². The van der Waals surface area contributed by atoms with Crippen molar-refractivity contribution < 1.29 is 14.3 Å². The van der Waals surface area contributed by atoms with Crippen molar-refractivity contribution in [3.05, 3.63) is 52.3 Å². The molecule has 142 valence electrons. The molecule has 0 aliphatic carbocycles. The fraction of sp³-hybridized carbons (Fsp3) is 0.316. The fourth-order valence-corrected chi connectivity index (χ4v) is 3.87. The standard InChI is InChI=1S/C19H21N3O4S/c1-5-8-27-19-21-18(24)16-13(10-15(23)20-17(16)22(19)2)12-9-11(25-3)6-7-14(12)26-4/h5-7,9,13H,1,8,10H2,2-4H3,(H,20,23). The lowest BCUT2D eigenvalue weighted by molar-refractivity contribution is -0.116. The van der Waals surface area contributed by atoms with Crippen molar-refractivity contribution in [1.29, 1.82) is 0 Å². The number of thioether (sulfide) groups is 1. The molecule has 1 atom stereocenters. The van der Waals surface area contributed by atoms with Crippen LogP contribution >= 0.6 is 11.8 Å². The Morgan fingerprint density at radius 2 is 2.15 bits per heavy atom. The van der Waals surface area contributed by atoms with Gasteiger partial charge in [-0.2, -0.15) is 4.98 Å². The monoisotopic (exact) mass is 387 g/mol. The molecule has 1 amide bonds. The summed E-state index contributed by atoms with van der Waals surface area (Å²) in [7, 11) is 4.90. The van der Waals surface area contributed by atoms with Crippen molar-refractivity contribution >= 4 is 23.5 Å². The van der Waals surface area contributed by atoms with Crippen LogP contribution in [-0.2, 0) is 11.8 Å². The van der Waals surface area contributed by atoms with Crippen LogP contribution in [0.15, 0.2) is 40.8 Å². The molecule has 1 aliphatic rings. The van der Waals surface area contributed by atoms with Gasteiger partial charge < -0.3 is 19.4 Å². The molecule has 0 saturated heterocycles. The van der Waals surface area contributed by atoms with Gasteiger partial charge in [0.2, 0.25) is 5.91 Å². The zero-order valence-corrected chi connectivity index (χ0v) is 16.3. The highest BCUT2D eigenvalue weighted by molar-refractivity contribution is 7.99. The molecule has 0 saturated carbocycles. The zero-order chi connectivity index (χ0) is 19.6. The van der Waals surface area contributed by atoms with Crippen LogP contribution in [0.5, 0.6) is 11.5 Å². The molecular weight excluding hydrogens is 366 g/mol. The summed E-state index contributed by atoms with van der Waals surface area (Å²) in [6.45, 7) is 3.68. The number of nitrogens with one attached hydrogen (secondary N) is 1. The van der Waals surface area contributed by atoms with Gasteiger partial charge in [0.1, 0.15) is 17.3 Å². The molecule has 1 N–H and O–H groups in total. The van der Waals surface area contributed by atoms with Crippen LogP contribution in [-0.4, -0.2) is 35.4 Å². The molecule has 1 unspecified atom stereocenters. The number of carbonyl (C=O) groups excluding carboxylic acids is 1. The number of carbonyl (C=O) groups is 1. The number of hydrogen-bond donors (Lipinski definition) is 1. The van der Waals surface area contributed by atoms with Gasteiger partial charge in [0, 0.05) is 30.7 Å². The summed E-state index contributed by atoms with van der Waals surface area (Å²) < 4.78 is 12.5. The smallest absolute Gasteiger partial charge is 0.279 e. The molecule has 1 aromatic carbocycles. The number of rotatable bonds is 6. The molecule has 0 bridgehead atoms. The van der Waals surface area contributed by atoms with Crippen LogP contribution in [0.4, 0.5) is 5.82 Å². The molecule has 7 nitrogen and oxygen atoms in total. The second-order valence-corrected chi connectivity index (χ2v) is 7.02. The number of ether oxygens (including phenoxy) is 2. The van der Waals surface area contributed by atoms with Crippen LogP contribution in [0.3, 0.4) is 0 Å². The Labute approximate surface area is 161 Å². The van der Waals surface area contributed by atoms with Crippen LogP contribution in [0.1, 0.15) is 23.5 Å². The van der Waals surface area contributed by atoms with Crippen LogP contribution in [0.25, 0.3) is 0 Å². The fourth-order valence-electron chi connectivity index (χ4n) is 3.18. The summed E-state index contributed by atoms with van der Waals surface area (Å²) in [5.41, 5.74) is 0.814. The van der Waals surface area contributed by atoms with E-state index in [0.717, 1.165) is 5.56 Å². The Balaban J connectivity index is 2.20. The van der Waals surface area contributed by atoms with E-state index in [9.17, 15) is 9.59 Å². The summed E-state index contributed by atoms with van der Waals surface area (Å²) in [6.07, 6.45) is 1.87. The molecule has 0 fully saturated rings. The van der Waals surface area contributed by atoms with Gasteiger partial charge in [-0.1, -0.05) is 17.8 Å². The molecule has 1 aliphatic heterocycles. The largest absolute Gasteiger partial charge is 0.497 e. The highest BCUT2D eigenvalue weighted by Crippen LogP contribution is 2.40. The second-order valence-electron chi connectivity index (χ2n) is 6.03. The number of nitrogens with zero attached hydrogens (tertiary/aromatic N) is 2. The molecule has 2 heterocycles. The van der Waals surface area contributed by atoms with E-state index in [-0.39, 0.29) is 17.9 Å². The van der Waals surface area contributed by atoms with Gasteiger partial charge in [0.05, 0.1) is 19.8 Å². The molecule has 3 rings (SSSR count). The van der Waals surface area contributed by atoms with Crippen molar-refractivity contribution in [3.8, 4) is 11.5 Å². The molecule has 27 heavy (non-hydrogen) atoms. The first-order valence-electron chi connectivity index (χ1n) is 8.36. The number of amides is 1. The second kappa shape index (κ2) is 7.87. The summed E-state index contributed by atoms with van der Waals surface area (Å²) in [5.74, 6) is 1.66. The molecule has 2 aromatic rings. The van der Waals surface area contributed by atoms with E-state index in [1.807, 2.05) is 0 Å². The highest BCUT2D eigenvalue weighted by atomic mass is 32.2. The normalized spacial score (nSPS) is 15.7. The Kier molecular flexibility index (Phi) is 5.55. The molecule has 1 aromatic heterocycles. The lowest BCUT2D eigenvalue weighted by Crippen LogP contribution is -2.33. The number of aromatic nitrogens is 2. The molecule has 8 heteroatoms. The van der Waals surface area contributed by atoms with E-state index in [4.69, 9.17) is 9.47 Å². The number of hydrogen-bond acceptors (Lipinski definition) is 6. The maximum atomic E-state index is 12.9. The van der Waals surface area contributed by atoms with E-state index in [2.05, 4.69) is 16.9 Å². The van der Waals surface area contributed by atoms with Gasteiger partial charge in [-0.3, -0.25) is 9.59 Å². The Morgan fingerprint density at radius 3 is 2.81 bits per heavy atom. The summed E-state index contributed by atoms with van der Waals surface area (Å²) >= 11 is 1.38. The van der Waals surface area contributed by atoms with Crippen LogP contribution < -0.4 is 20.3 Å². The minimum atomic E-state index is -0.469. The highest BCUT2D eigenvalue weighted by Gasteiger charge is 2.33. The maximum absolute atomic E-state index is 12.9. The predicted molar refractivity (Wildman–Crippen MR) is 105 cm³/mol. The van der Waals surface area contributed by atoms with Gasteiger partial charge in [-0.15, -0.1) is 6.58 Å². The molecular formula is C19H21N3O4S. The lowest BCUT2D eigenvalue weighted by Gasteiger charge is -2.28. The average molecular weight is 387 g/mol. The number of methoxy groups -OCH3 is 2. The van der Waals surface area contributed by atoms with E-state index in [0.29, 0.717) is 33.8 Å². The van der Waals surface area contributed by atoms with Gasteiger partial charge in [0.25, 0.3) is 5.56 Å². The van der Waals surface area contributed by atoms with Crippen molar-refractivity contribution in [2.24, 2.45) is 7.05 Å². The topological polar surface area (TPSA) is 82.5 Å². The summed E-state index contributed by atoms with van der Waals surface area (Å²) in [4.78, 5) is 29.5. The van der Waals surface area contributed by atoms with Crippen LogP contribution in [0, 0.1) is 0 Å². The van der Waals surface area contributed by atoms with Gasteiger partial charge in [0.15, 0.2) is 5.16 Å². The minimum absolute atomic E-state index is 0.132. The Hall–Kier alpha value is -2.74. The first kappa shape index (κ1) is 19.0. The Morgan fingerprint density at radius 1 is 1.37 bits per heavy atom. The third-order valence-electron chi connectivity index (χ3n) is 4.44. The third-order valence-corrected chi connectivity index (χ3v) is 5.47. The summed E-state index contributed by atoms with van der Waals surface area (Å²) in [6, 6.07) is 5.34. The van der Waals surface area contributed by atoms with Crippen molar-refractivity contribution in [2.45, 2.75) is 17.5 Å². The maximum Gasteiger partial charge on any atom is 0.279 e. The third kappa shape index (κ3) is 3.57. The molecule has 0 radical (unpaired) electrons. The zero-order valence-electron chi connectivity index (χ0n) is 15.4. The van der Waals surface area contributed by atoms with E-state index >= 15 is 0 Å². The lowest BCUT2D eigenvalue weighted by atomic mass is 9.86. The van der Waals surface area contributed by atoms with Gasteiger partial charge in [-0.05, 0) is 18.2 Å². The number of fused-ring (bicyclic) bond motifs is 1. The molecule has 0 spiro atoms. The quantitative estimate of drug-likeness (QED) is 0.466. The van der Waals surface area contributed by atoms with Crippen molar-refractivity contribution in [3.63, 3.8) is 0 Å². The Bertz CT molecular complexity index is 955. The number of anilines is 1. The van der Waals surface area contributed by atoms with E-state index < -0.39 is 5.92 Å². The summed E-state index contributed by atoms with van der Waals surface area (Å²) in [5, 5.41) is 3.35. The first-order valence-corrected chi connectivity index (χ1v) is 9.35. The van der Waals surface area contributed by atoms with Crippen molar-refractivity contribution in [2.75, 3.05) is 25.3 Å².